The summed E-state index contributed by atoms with van der Waals surface area (Å²) in [5, 5.41) is 7.73. The second-order valence-corrected chi connectivity index (χ2v) is 1.86. The van der Waals surface area contributed by atoms with Crippen molar-refractivity contribution in [1.82, 2.24) is 0 Å². The summed E-state index contributed by atoms with van der Waals surface area (Å²) in [5.41, 5.74) is 1.23. The van der Waals surface area contributed by atoms with Crippen LogP contribution in [0.2, 0.25) is 0 Å². The zero-order chi connectivity index (χ0) is 5.82. The van der Waals surface area contributed by atoms with Crippen molar-refractivity contribution in [2.75, 3.05) is 0 Å². The lowest BCUT2D eigenvalue weighted by Crippen LogP contribution is -1.99. The predicted molar refractivity (Wildman–Crippen MR) is 35.5 cm³/mol. The maximum atomic E-state index is 3.93. The summed E-state index contributed by atoms with van der Waals surface area (Å²) >= 11 is 0. The molecule has 0 radical (unpaired) electrons. The third-order valence-corrected chi connectivity index (χ3v) is 1.25. The summed E-state index contributed by atoms with van der Waals surface area (Å²) in [7, 11) is 0. The van der Waals surface area contributed by atoms with Gasteiger partial charge in [-0.05, 0) is 19.3 Å². The normalized spacial score (nSPS) is 18.4. The molecule has 0 aromatic heterocycles. The lowest BCUT2D eigenvalue weighted by molar-refractivity contribution is 1.01. The molecule has 0 atom stereocenters. The zero-order valence-electron chi connectivity index (χ0n) is 5.09. The van der Waals surface area contributed by atoms with Gasteiger partial charge in [-0.25, -0.2) is 0 Å². The fourth-order valence-electron chi connectivity index (χ4n) is 0.709. The van der Waals surface area contributed by atoms with Crippen molar-refractivity contribution in [3.63, 3.8) is 0 Å². The van der Waals surface area contributed by atoms with Crippen LogP contribution in [0.15, 0.2) is 10.2 Å². The van der Waals surface area contributed by atoms with Crippen molar-refractivity contribution < 1.29 is 0 Å². The second kappa shape index (κ2) is 2.60. The van der Waals surface area contributed by atoms with E-state index >= 15 is 0 Å². The van der Waals surface area contributed by atoms with E-state index in [-0.39, 0.29) is 0 Å². The predicted octanol–water partition coefficient (Wildman–Crippen LogP) is 1.62. The molecule has 44 valence electrons. The Labute approximate surface area is 49.3 Å². The van der Waals surface area contributed by atoms with E-state index < -0.39 is 0 Å². The Hall–Kier alpha value is -0.660. The molecule has 1 heterocycles. The Kier molecular flexibility index (Phi) is 1.78. The summed E-state index contributed by atoms with van der Waals surface area (Å²) in [4.78, 5) is 0. The Morgan fingerprint density at radius 2 is 2.62 bits per heavy atom. The highest BCUT2D eigenvalue weighted by Crippen LogP contribution is 2.00. The Bertz CT molecular complexity index is 124. The van der Waals surface area contributed by atoms with Crippen molar-refractivity contribution in [2.24, 2.45) is 10.2 Å². The van der Waals surface area contributed by atoms with E-state index in [4.69, 9.17) is 0 Å². The van der Waals surface area contributed by atoms with Crippen LogP contribution in [0.1, 0.15) is 26.2 Å². The number of hydrogen-bond acceptors (Lipinski definition) is 2. The van der Waals surface area contributed by atoms with Gasteiger partial charge < -0.3 is 0 Å². The summed E-state index contributed by atoms with van der Waals surface area (Å²) < 4.78 is 0. The van der Waals surface area contributed by atoms with Crippen molar-refractivity contribution in [3.05, 3.63) is 0 Å². The van der Waals surface area contributed by atoms with Gasteiger partial charge in [0.05, 0.1) is 0 Å². The molecule has 0 fully saturated rings. The van der Waals surface area contributed by atoms with Gasteiger partial charge in [0.15, 0.2) is 0 Å². The summed E-state index contributed by atoms with van der Waals surface area (Å²) in [6.45, 7) is 2.11. The van der Waals surface area contributed by atoms with E-state index in [0.717, 1.165) is 19.3 Å². The molecule has 2 nitrogen and oxygen atoms in total. The van der Waals surface area contributed by atoms with Crippen LogP contribution in [0, 0.1) is 0 Å². The molecule has 0 bridgehead atoms. The van der Waals surface area contributed by atoms with Crippen LogP contribution in [-0.4, -0.2) is 11.9 Å². The standard InChI is InChI=1S/C6H10N2/c1-2-6-4-3-5-7-8-6/h5H,2-4H2,1H3. The van der Waals surface area contributed by atoms with Crippen LogP contribution >= 0.6 is 0 Å². The molecule has 0 aliphatic carbocycles. The number of rotatable bonds is 1. The third-order valence-electron chi connectivity index (χ3n) is 1.25. The van der Waals surface area contributed by atoms with Gasteiger partial charge in [0, 0.05) is 11.9 Å². The molecular formula is C6H10N2. The Morgan fingerprint density at radius 1 is 1.75 bits per heavy atom. The van der Waals surface area contributed by atoms with Gasteiger partial charge in [0.1, 0.15) is 0 Å². The van der Waals surface area contributed by atoms with Gasteiger partial charge in [-0.1, -0.05) is 6.92 Å². The minimum absolute atomic E-state index is 1.05. The molecule has 0 aromatic carbocycles. The molecule has 1 rings (SSSR count). The van der Waals surface area contributed by atoms with Gasteiger partial charge in [-0.2, -0.15) is 10.2 Å². The van der Waals surface area contributed by atoms with Crippen LogP contribution in [0.5, 0.6) is 0 Å². The third kappa shape index (κ3) is 1.15. The first-order valence-corrected chi connectivity index (χ1v) is 3.00. The highest BCUT2D eigenvalue weighted by atomic mass is 15.2. The summed E-state index contributed by atoms with van der Waals surface area (Å²) in [6, 6.07) is 0. The first-order chi connectivity index (χ1) is 3.93. The number of hydrogen-bond donors (Lipinski definition) is 0. The first kappa shape index (κ1) is 5.48. The van der Waals surface area contributed by atoms with E-state index in [1.165, 1.54) is 5.71 Å². The number of nitrogens with zero attached hydrogens (tertiary/aromatic N) is 2. The lowest BCUT2D eigenvalue weighted by atomic mass is 10.2. The van der Waals surface area contributed by atoms with Gasteiger partial charge in [-0.3, -0.25) is 0 Å². The first-order valence-electron chi connectivity index (χ1n) is 3.00. The molecule has 0 unspecified atom stereocenters. The zero-order valence-corrected chi connectivity index (χ0v) is 5.09. The van der Waals surface area contributed by atoms with Crippen LogP contribution in [0.4, 0.5) is 0 Å². The van der Waals surface area contributed by atoms with Gasteiger partial charge in [0.25, 0.3) is 0 Å². The average molecular weight is 110 g/mol. The molecule has 0 aromatic rings. The highest BCUT2D eigenvalue weighted by molar-refractivity contribution is 5.87. The van der Waals surface area contributed by atoms with Gasteiger partial charge in [0.2, 0.25) is 0 Å². The minimum Gasteiger partial charge on any atom is -0.164 e. The fraction of sp³-hybridized carbons (Fsp3) is 0.667. The van der Waals surface area contributed by atoms with E-state index in [0.29, 0.717) is 0 Å². The van der Waals surface area contributed by atoms with Crippen LogP contribution in [0.25, 0.3) is 0 Å². The van der Waals surface area contributed by atoms with Crippen molar-refractivity contribution >= 4 is 11.9 Å². The molecule has 0 spiro atoms. The topological polar surface area (TPSA) is 24.7 Å². The molecule has 0 amide bonds. The second-order valence-electron chi connectivity index (χ2n) is 1.86. The van der Waals surface area contributed by atoms with Gasteiger partial charge >= 0.3 is 0 Å². The van der Waals surface area contributed by atoms with E-state index in [2.05, 4.69) is 17.1 Å². The minimum atomic E-state index is 1.05. The van der Waals surface area contributed by atoms with E-state index in [9.17, 15) is 0 Å². The fourth-order valence-corrected chi connectivity index (χ4v) is 0.709. The van der Waals surface area contributed by atoms with E-state index in [1.807, 2.05) is 6.21 Å². The Morgan fingerprint density at radius 3 is 3.00 bits per heavy atom. The van der Waals surface area contributed by atoms with Crippen LogP contribution in [0.3, 0.4) is 0 Å². The summed E-state index contributed by atoms with van der Waals surface area (Å²) in [5.74, 6) is 0. The smallest absolute Gasteiger partial charge is 0.0406 e. The van der Waals surface area contributed by atoms with E-state index in [1.54, 1.807) is 0 Å². The summed E-state index contributed by atoms with van der Waals surface area (Å²) in [6.07, 6.45) is 5.10. The van der Waals surface area contributed by atoms with Crippen molar-refractivity contribution in [2.45, 2.75) is 26.2 Å². The molecule has 8 heavy (non-hydrogen) atoms. The van der Waals surface area contributed by atoms with Gasteiger partial charge in [-0.15, -0.1) is 0 Å². The maximum absolute atomic E-state index is 3.93. The van der Waals surface area contributed by atoms with Crippen LogP contribution < -0.4 is 0 Å². The van der Waals surface area contributed by atoms with Crippen LogP contribution in [-0.2, 0) is 0 Å². The highest BCUT2D eigenvalue weighted by Gasteiger charge is 1.96. The largest absolute Gasteiger partial charge is 0.164 e. The lowest BCUT2D eigenvalue weighted by Gasteiger charge is -2.00. The average Bonchev–Trinajstić information content (AvgIpc) is 1.90. The van der Waals surface area contributed by atoms with Crippen molar-refractivity contribution in [3.8, 4) is 0 Å². The van der Waals surface area contributed by atoms with Crippen molar-refractivity contribution in [1.29, 1.82) is 0 Å². The SMILES string of the molecule is CCC1=NN=CCC1. The maximum Gasteiger partial charge on any atom is 0.0406 e. The quantitative estimate of drug-likeness (QED) is 0.490. The molecule has 2 heteroatoms. The molecule has 1 aliphatic rings. The molecule has 1 aliphatic heterocycles. The Balaban J connectivity index is 2.50. The molecule has 0 saturated heterocycles. The molecular weight excluding hydrogens is 100 g/mol. The molecule has 0 saturated carbocycles. The molecule has 0 N–H and O–H groups in total. The monoisotopic (exact) mass is 110 g/mol.